The van der Waals surface area contributed by atoms with Crippen molar-refractivity contribution < 1.29 is 26.3 Å². The summed E-state index contributed by atoms with van der Waals surface area (Å²) >= 11 is 0. The zero-order valence-electron chi connectivity index (χ0n) is 31.9. The first kappa shape index (κ1) is 35.6. The van der Waals surface area contributed by atoms with E-state index in [1.54, 1.807) is 0 Å². The molecule has 0 bridgehead atoms. The first-order valence-corrected chi connectivity index (χ1v) is 21.7. The second-order valence-corrected chi connectivity index (χ2v) is 18.3. The van der Waals surface area contributed by atoms with Crippen LogP contribution in [0.4, 0.5) is 0 Å². The first-order chi connectivity index (χ1) is 25.0. The SMILES string of the molecule is Cc1cc(C)c2op(CO[C@H]3CCC[C@@H]3[C@H]3CCC[C@@H]3OCp3oc4c(C)cc(C)cc4c4cc(C)cc(C)c4o3)oc3c(C)cc(C)cc3c2c1. The highest BCUT2D eigenvalue weighted by Crippen LogP contribution is 2.47. The summed E-state index contributed by atoms with van der Waals surface area (Å²) in [5, 5.41) is 4.44. The molecule has 6 aromatic rings. The predicted octanol–water partition coefficient (Wildman–Crippen LogP) is 14.3. The van der Waals surface area contributed by atoms with E-state index in [0.29, 0.717) is 24.5 Å². The van der Waals surface area contributed by atoms with Crippen molar-refractivity contribution >= 4 is 59.9 Å². The molecule has 0 aliphatic heterocycles. The Balaban J connectivity index is 1.05. The number of fused-ring (bicyclic) bond motifs is 6. The maximum atomic E-state index is 6.84. The molecule has 0 radical (unpaired) electrons. The molecule has 2 saturated carbocycles. The van der Waals surface area contributed by atoms with Gasteiger partial charge in [-0.05, 0) is 162 Å². The third-order valence-corrected chi connectivity index (χ3v) is 13.6. The highest BCUT2D eigenvalue weighted by molar-refractivity contribution is 7.36. The van der Waals surface area contributed by atoms with Crippen LogP contribution in [0.2, 0.25) is 0 Å². The minimum Gasteiger partial charge on any atom is -0.417 e. The molecule has 4 aromatic carbocycles. The van der Waals surface area contributed by atoms with E-state index < -0.39 is 16.0 Å². The van der Waals surface area contributed by atoms with E-state index in [2.05, 4.69) is 104 Å². The van der Waals surface area contributed by atoms with Gasteiger partial charge in [-0.25, -0.2) is 0 Å². The number of ether oxygens (including phenoxy) is 2. The van der Waals surface area contributed by atoms with Crippen LogP contribution in [0, 0.1) is 67.2 Å². The molecular formula is C44H52O6P2. The van der Waals surface area contributed by atoms with Gasteiger partial charge >= 0.3 is 0 Å². The molecule has 6 nitrogen and oxygen atoms in total. The van der Waals surface area contributed by atoms with Gasteiger partial charge in [0.05, 0.1) is 12.2 Å². The zero-order valence-corrected chi connectivity index (χ0v) is 33.7. The molecule has 274 valence electrons. The molecule has 0 amide bonds. The summed E-state index contributed by atoms with van der Waals surface area (Å²) in [7, 11) is -2.67. The number of aryl methyl sites for hydroxylation is 8. The Morgan fingerprint density at radius 2 is 0.731 bits per heavy atom. The molecule has 0 unspecified atom stereocenters. The normalized spacial score (nSPS) is 20.5. The maximum Gasteiger partial charge on any atom is 0.244 e. The lowest BCUT2D eigenvalue weighted by atomic mass is 9.86. The molecule has 0 N–H and O–H groups in total. The molecule has 2 aliphatic rings. The van der Waals surface area contributed by atoms with E-state index in [-0.39, 0.29) is 12.2 Å². The van der Waals surface area contributed by atoms with E-state index in [4.69, 9.17) is 26.3 Å². The van der Waals surface area contributed by atoms with Crippen molar-refractivity contribution in [3.8, 4) is 0 Å². The minimum absolute atomic E-state index is 0.163. The molecule has 4 atom stereocenters. The molecule has 8 heteroatoms. The number of hydrogen-bond donors (Lipinski definition) is 0. The summed E-state index contributed by atoms with van der Waals surface area (Å²) in [5.74, 6) is 0.895. The second-order valence-electron chi connectivity index (χ2n) is 15.7. The molecule has 0 spiro atoms. The Hall–Kier alpha value is -3.40. The van der Waals surface area contributed by atoms with Crippen LogP contribution >= 0.6 is 16.0 Å². The van der Waals surface area contributed by atoms with Crippen molar-refractivity contribution in [3.05, 3.63) is 93.0 Å². The maximum absolute atomic E-state index is 6.84. The lowest BCUT2D eigenvalue weighted by molar-refractivity contribution is -0.0345. The molecule has 2 fully saturated rings. The quantitative estimate of drug-likeness (QED) is 0.162. The van der Waals surface area contributed by atoms with Gasteiger partial charge in [-0.2, -0.15) is 0 Å². The van der Waals surface area contributed by atoms with Gasteiger partial charge in [0.1, 0.15) is 35.0 Å². The summed E-state index contributed by atoms with van der Waals surface area (Å²) in [6, 6.07) is 17.7. The largest absolute Gasteiger partial charge is 0.417 e. The average molecular weight is 739 g/mol. The van der Waals surface area contributed by atoms with Crippen LogP contribution in [-0.4, -0.2) is 12.2 Å². The Morgan fingerprint density at radius 3 is 1.02 bits per heavy atom. The predicted molar refractivity (Wildman–Crippen MR) is 215 cm³/mol. The molecular weight excluding hydrogens is 686 g/mol. The van der Waals surface area contributed by atoms with Gasteiger partial charge in [0.2, 0.25) is 16.0 Å². The number of rotatable bonds is 7. The summed E-state index contributed by atoms with van der Waals surface area (Å²) in [5.41, 5.74) is 13.1. The van der Waals surface area contributed by atoms with E-state index >= 15 is 0 Å². The second kappa shape index (κ2) is 14.4. The van der Waals surface area contributed by atoms with Crippen LogP contribution in [0.25, 0.3) is 43.9 Å². The van der Waals surface area contributed by atoms with E-state index in [1.165, 1.54) is 35.1 Å². The van der Waals surface area contributed by atoms with Crippen molar-refractivity contribution in [3.63, 3.8) is 0 Å². The number of hydrogen-bond acceptors (Lipinski definition) is 6. The summed E-state index contributed by atoms with van der Waals surface area (Å²) in [4.78, 5) is 0. The highest BCUT2D eigenvalue weighted by Gasteiger charge is 2.41. The van der Waals surface area contributed by atoms with Crippen LogP contribution < -0.4 is 0 Å². The third kappa shape index (κ3) is 6.89. The van der Waals surface area contributed by atoms with Crippen molar-refractivity contribution in [1.82, 2.24) is 0 Å². The van der Waals surface area contributed by atoms with E-state index in [9.17, 15) is 0 Å². The summed E-state index contributed by atoms with van der Waals surface area (Å²) in [6.07, 6.45) is 8.00. The zero-order chi connectivity index (χ0) is 36.3. The monoisotopic (exact) mass is 738 g/mol. The molecule has 8 rings (SSSR count). The lowest BCUT2D eigenvalue weighted by Gasteiger charge is -2.29. The van der Waals surface area contributed by atoms with Crippen LogP contribution in [-0.2, 0) is 22.2 Å². The standard InChI is InChI=1S/C44H52O6P2/c1-25-15-29(5)41-35(19-25)36-20-26(2)16-30(6)42(36)48-51(47-41)23-45-39-13-9-11-33(39)34-12-10-14-40(34)46-24-52-49-43-31(7)17-27(3)21-37(43)38-22-28(4)18-32(8)44(38)50-52/h15-22,33-34,39-40H,9-14,23-24H2,1-8H3/t33-,34-,39+,40+/m1/s1. The van der Waals surface area contributed by atoms with Gasteiger partial charge in [0.25, 0.3) is 0 Å². The molecule has 2 aromatic heterocycles. The highest BCUT2D eigenvalue weighted by atomic mass is 31.1. The topological polar surface area (TPSA) is 71.0 Å². The fraction of sp³-hybridized carbons (Fsp3) is 0.455. The average Bonchev–Trinajstić information content (AvgIpc) is 3.68. The fourth-order valence-corrected chi connectivity index (χ4v) is 12.0. The van der Waals surface area contributed by atoms with Gasteiger partial charge < -0.3 is 26.3 Å². The smallest absolute Gasteiger partial charge is 0.244 e. The summed E-state index contributed by atoms with van der Waals surface area (Å²) < 4.78 is 40.6. The first-order valence-electron chi connectivity index (χ1n) is 19.0. The molecule has 2 heterocycles. The summed E-state index contributed by atoms with van der Waals surface area (Å²) in [6.45, 7) is 17.1. The lowest BCUT2D eigenvalue weighted by Crippen LogP contribution is -2.31. The Kier molecular flexibility index (Phi) is 9.89. The van der Waals surface area contributed by atoms with Crippen LogP contribution in [0.15, 0.2) is 65.3 Å². The minimum atomic E-state index is -1.34. The van der Waals surface area contributed by atoms with E-state index in [0.717, 1.165) is 91.8 Å². The molecule has 52 heavy (non-hydrogen) atoms. The van der Waals surface area contributed by atoms with Gasteiger partial charge in [0, 0.05) is 21.5 Å². The van der Waals surface area contributed by atoms with Crippen LogP contribution in [0.5, 0.6) is 0 Å². The fourth-order valence-electron chi connectivity index (χ4n) is 9.27. The number of benzene rings is 4. The van der Waals surface area contributed by atoms with Gasteiger partial charge in [-0.3, -0.25) is 0 Å². The van der Waals surface area contributed by atoms with Crippen molar-refractivity contribution in [1.29, 1.82) is 0 Å². The Bertz CT molecular complexity index is 2100. The van der Waals surface area contributed by atoms with Crippen LogP contribution in [0.1, 0.15) is 83.0 Å². The van der Waals surface area contributed by atoms with E-state index in [1.807, 2.05) is 0 Å². The Morgan fingerprint density at radius 1 is 0.442 bits per heavy atom. The van der Waals surface area contributed by atoms with Gasteiger partial charge in [-0.1, -0.05) is 37.1 Å². The van der Waals surface area contributed by atoms with Crippen molar-refractivity contribution in [2.45, 2.75) is 119 Å². The molecule has 0 saturated heterocycles. The van der Waals surface area contributed by atoms with Crippen molar-refractivity contribution in [2.75, 3.05) is 0 Å². The third-order valence-electron chi connectivity index (χ3n) is 11.4. The molecule has 2 aliphatic carbocycles. The van der Waals surface area contributed by atoms with Gasteiger partial charge in [-0.15, -0.1) is 0 Å². The Labute approximate surface area is 308 Å². The van der Waals surface area contributed by atoms with Crippen molar-refractivity contribution in [2.24, 2.45) is 11.8 Å². The van der Waals surface area contributed by atoms with Crippen LogP contribution in [0.3, 0.4) is 0 Å². The van der Waals surface area contributed by atoms with Gasteiger partial charge in [0.15, 0.2) is 0 Å².